The second-order valence-electron chi connectivity index (χ2n) is 7.81. The number of likely N-dealkylation sites (tertiary alicyclic amines) is 1. The highest BCUT2D eigenvalue weighted by Crippen LogP contribution is 2.27. The van der Waals surface area contributed by atoms with Gasteiger partial charge in [-0.25, -0.2) is 0 Å². The fourth-order valence-electron chi connectivity index (χ4n) is 4.36. The molecule has 1 aliphatic heterocycles. The molecule has 0 bridgehead atoms. The lowest BCUT2D eigenvalue weighted by Gasteiger charge is -2.41. The number of hydrogen-bond acceptors (Lipinski definition) is 3. The minimum absolute atomic E-state index is 0.129. The number of aryl methyl sites for hydroxylation is 1. The van der Waals surface area contributed by atoms with Crippen LogP contribution in [0.15, 0.2) is 30.5 Å². The third-order valence-electron chi connectivity index (χ3n) is 5.76. The van der Waals surface area contributed by atoms with Gasteiger partial charge in [-0.2, -0.15) is 0 Å². The van der Waals surface area contributed by atoms with Gasteiger partial charge in [0.2, 0.25) is 5.91 Å². The van der Waals surface area contributed by atoms with Crippen LogP contribution >= 0.6 is 0 Å². The fourth-order valence-corrected chi connectivity index (χ4v) is 4.36. The number of carboxylic acid groups (broad SMARTS) is 1. The number of fused-ring (bicyclic) bond motifs is 1. The Bertz CT molecular complexity index is 827. The van der Waals surface area contributed by atoms with E-state index in [2.05, 4.69) is 21.6 Å². The van der Waals surface area contributed by atoms with Crippen molar-refractivity contribution < 1.29 is 14.7 Å². The van der Waals surface area contributed by atoms with E-state index in [1.54, 1.807) is 0 Å². The lowest BCUT2D eigenvalue weighted by Crippen LogP contribution is -2.51. The Morgan fingerprint density at radius 2 is 2.00 bits per heavy atom. The first-order chi connectivity index (χ1) is 12.9. The van der Waals surface area contributed by atoms with Crippen molar-refractivity contribution in [2.24, 2.45) is 13.0 Å². The highest BCUT2D eigenvalue weighted by atomic mass is 16.4. The number of rotatable bonds is 6. The molecule has 2 heterocycles. The Balaban J connectivity index is 1.71. The molecule has 1 aromatic heterocycles. The highest BCUT2D eigenvalue weighted by Gasteiger charge is 2.32. The standard InChI is InChI=1S/C21H29N3O3/c1-22(2)18-10-11-24(14-15(18)8-9-21(26)27)20(25)12-16-13-23(3)19-7-5-4-6-17(16)19/h4-7,13,15,18H,8-12,14H2,1-3H3,(H,26,27)/t15-,18+/m0/s1. The third kappa shape index (κ3) is 4.33. The molecular formula is C21H29N3O3. The molecule has 0 unspecified atom stereocenters. The van der Waals surface area contributed by atoms with Gasteiger partial charge in [-0.05, 0) is 44.5 Å². The highest BCUT2D eigenvalue weighted by molar-refractivity contribution is 5.89. The van der Waals surface area contributed by atoms with Crippen LogP contribution in [0.2, 0.25) is 0 Å². The number of aromatic nitrogens is 1. The van der Waals surface area contributed by atoms with Crippen molar-refractivity contribution in [2.45, 2.75) is 31.7 Å². The molecule has 6 heteroatoms. The zero-order valence-corrected chi connectivity index (χ0v) is 16.4. The number of benzene rings is 1. The molecule has 0 saturated carbocycles. The first kappa shape index (κ1) is 19.4. The van der Waals surface area contributed by atoms with E-state index in [0.717, 1.165) is 29.4 Å². The number of carbonyl (C=O) groups is 2. The second kappa shape index (κ2) is 8.13. The zero-order chi connectivity index (χ0) is 19.6. The Kier molecular flexibility index (Phi) is 5.85. The minimum atomic E-state index is -0.772. The van der Waals surface area contributed by atoms with E-state index in [9.17, 15) is 9.59 Å². The second-order valence-corrected chi connectivity index (χ2v) is 7.81. The van der Waals surface area contributed by atoms with E-state index in [1.807, 2.05) is 44.4 Å². The summed E-state index contributed by atoms with van der Waals surface area (Å²) in [5.41, 5.74) is 2.18. The van der Waals surface area contributed by atoms with E-state index in [-0.39, 0.29) is 18.2 Å². The van der Waals surface area contributed by atoms with E-state index in [0.29, 0.717) is 25.4 Å². The molecule has 1 aromatic carbocycles. The first-order valence-corrected chi connectivity index (χ1v) is 9.55. The summed E-state index contributed by atoms with van der Waals surface area (Å²) in [4.78, 5) is 28.1. The quantitative estimate of drug-likeness (QED) is 0.847. The summed E-state index contributed by atoms with van der Waals surface area (Å²) in [6.45, 7) is 1.37. The van der Waals surface area contributed by atoms with Gasteiger partial charge < -0.3 is 19.5 Å². The molecule has 1 N–H and O–H groups in total. The molecule has 2 aromatic rings. The minimum Gasteiger partial charge on any atom is -0.481 e. The van der Waals surface area contributed by atoms with Crippen LogP contribution in [0, 0.1) is 5.92 Å². The molecule has 0 spiro atoms. The average molecular weight is 371 g/mol. The molecular weight excluding hydrogens is 342 g/mol. The molecule has 6 nitrogen and oxygen atoms in total. The number of carbonyl (C=O) groups excluding carboxylic acids is 1. The van der Waals surface area contributed by atoms with Crippen LogP contribution in [0.3, 0.4) is 0 Å². The number of piperidine rings is 1. The van der Waals surface area contributed by atoms with Crippen molar-refractivity contribution in [3.8, 4) is 0 Å². The van der Waals surface area contributed by atoms with E-state index in [1.165, 1.54) is 0 Å². The van der Waals surface area contributed by atoms with Gasteiger partial charge in [0.25, 0.3) is 0 Å². The number of carboxylic acids is 1. The van der Waals surface area contributed by atoms with Crippen LogP contribution in [0.4, 0.5) is 0 Å². The van der Waals surface area contributed by atoms with Crippen molar-refractivity contribution in [1.29, 1.82) is 0 Å². The predicted molar refractivity (Wildman–Crippen MR) is 106 cm³/mol. The summed E-state index contributed by atoms with van der Waals surface area (Å²) >= 11 is 0. The maximum absolute atomic E-state index is 13.0. The first-order valence-electron chi connectivity index (χ1n) is 9.55. The Hall–Kier alpha value is -2.34. The SMILES string of the molecule is CN(C)[C@@H]1CCN(C(=O)Cc2cn(C)c3ccccc23)C[C@@H]1CCC(=O)O. The van der Waals surface area contributed by atoms with Crippen molar-refractivity contribution in [2.75, 3.05) is 27.2 Å². The van der Waals surface area contributed by atoms with Crippen molar-refractivity contribution in [3.05, 3.63) is 36.0 Å². The molecule has 1 fully saturated rings. The molecule has 27 heavy (non-hydrogen) atoms. The summed E-state index contributed by atoms with van der Waals surface area (Å²) in [5, 5.41) is 10.2. The van der Waals surface area contributed by atoms with Gasteiger partial charge in [0, 0.05) is 49.7 Å². The van der Waals surface area contributed by atoms with Crippen LogP contribution in [-0.2, 0) is 23.1 Å². The molecule has 3 rings (SSSR count). The van der Waals surface area contributed by atoms with Crippen LogP contribution < -0.4 is 0 Å². The number of hydrogen-bond donors (Lipinski definition) is 1. The number of aliphatic carboxylic acids is 1. The van der Waals surface area contributed by atoms with Crippen LogP contribution in [0.5, 0.6) is 0 Å². The predicted octanol–water partition coefficient (Wildman–Crippen LogP) is 2.36. The van der Waals surface area contributed by atoms with E-state index >= 15 is 0 Å². The summed E-state index contributed by atoms with van der Waals surface area (Å²) < 4.78 is 2.06. The van der Waals surface area contributed by atoms with Gasteiger partial charge in [0.1, 0.15) is 0 Å². The van der Waals surface area contributed by atoms with Gasteiger partial charge in [-0.15, -0.1) is 0 Å². The van der Waals surface area contributed by atoms with Crippen LogP contribution in [-0.4, -0.2) is 64.6 Å². The molecule has 0 radical (unpaired) electrons. The maximum atomic E-state index is 13.0. The number of para-hydroxylation sites is 1. The van der Waals surface area contributed by atoms with Crippen molar-refractivity contribution >= 4 is 22.8 Å². The molecule has 1 saturated heterocycles. The third-order valence-corrected chi connectivity index (χ3v) is 5.76. The Labute approximate surface area is 160 Å². The number of amides is 1. The smallest absolute Gasteiger partial charge is 0.303 e. The summed E-state index contributed by atoms with van der Waals surface area (Å²) in [6.07, 6.45) is 4.08. The molecule has 1 amide bonds. The van der Waals surface area contributed by atoms with E-state index < -0.39 is 5.97 Å². The van der Waals surface area contributed by atoms with Gasteiger partial charge in [0.05, 0.1) is 6.42 Å². The topological polar surface area (TPSA) is 65.8 Å². The molecule has 146 valence electrons. The molecule has 1 aliphatic rings. The zero-order valence-electron chi connectivity index (χ0n) is 16.4. The van der Waals surface area contributed by atoms with Crippen molar-refractivity contribution in [1.82, 2.24) is 14.4 Å². The number of nitrogens with zero attached hydrogens (tertiary/aromatic N) is 3. The van der Waals surface area contributed by atoms with E-state index in [4.69, 9.17) is 5.11 Å². The monoisotopic (exact) mass is 371 g/mol. The lowest BCUT2D eigenvalue weighted by molar-refractivity contribution is -0.137. The Morgan fingerprint density at radius 3 is 2.70 bits per heavy atom. The van der Waals surface area contributed by atoms with Crippen LogP contribution in [0.25, 0.3) is 10.9 Å². The maximum Gasteiger partial charge on any atom is 0.303 e. The fraction of sp³-hybridized carbons (Fsp3) is 0.524. The van der Waals surface area contributed by atoms with Crippen LogP contribution in [0.1, 0.15) is 24.8 Å². The largest absolute Gasteiger partial charge is 0.481 e. The van der Waals surface area contributed by atoms with Gasteiger partial charge in [-0.1, -0.05) is 18.2 Å². The summed E-state index contributed by atoms with van der Waals surface area (Å²) in [5.74, 6) is -0.447. The van der Waals surface area contributed by atoms with Crippen molar-refractivity contribution in [3.63, 3.8) is 0 Å². The molecule has 2 atom stereocenters. The van der Waals surface area contributed by atoms with Gasteiger partial charge in [0.15, 0.2) is 0 Å². The van der Waals surface area contributed by atoms with Gasteiger partial charge in [-0.3, -0.25) is 9.59 Å². The Morgan fingerprint density at radius 1 is 1.26 bits per heavy atom. The average Bonchev–Trinajstić information content (AvgIpc) is 2.95. The van der Waals surface area contributed by atoms with Gasteiger partial charge >= 0.3 is 5.97 Å². The normalized spacial score (nSPS) is 20.4. The summed E-state index contributed by atoms with van der Waals surface area (Å²) in [6, 6.07) is 8.46. The lowest BCUT2D eigenvalue weighted by atomic mass is 9.87. The summed E-state index contributed by atoms with van der Waals surface area (Å²) in [7, 11) is 6.07. The molecule has 0 aliphatic carbocycles.